The van der Waals surface area contributed by atoms with Gasteiger partial charge in [-0.05, 0) is 100 Å². The highest BCUT2D eigenvalue weighted by atomic mass is 16.5. The standard InChI is InChI=1S/C60H37B2N3O3/c1-5-19-38(20-6-1)63(39-21-7-2-8-22-39)42-35-53-57-54(36-42)67-58-46(62(57)45-29-15-18-32-52(45)66-53)33-34-47-59(58)68-60-55-43-27-13-16-30-48(43)64(40-23-9-3-10-24-40)50(55)37-51-56(60)61(47)44-28-14-17-31-49(44)65(51)41-25-11-4-12-26-41/h1-37H. The summed E-state index contributed by atoms with van der Waals surface area (Å²) in [5.74, 6) is 4.66. The van der Waals surface area contributed by atoms with Gasteiger partial charge in [0.25, 0.3) is 13.4 Å². The number of anilines is 6. The molecule has 0 saturated carbocycles. The van der Waals surface area contributed by atoms with E-state index < -0.39 is 0 Å². The molecule has 0 N–H and O–H groups in total. The normalized spacial score (nSPS) is 13.3. The van der Waals surface area contributed by atoms with Crippen molar-refractivity contribution < 1.29 is 14.2 Å². The predicted octanol–water partition coefficient (Wildman–Crippen LogP) is 11.4. The van der Waals surface area contributed by atoms with Gasteiger partial charge in [-0.1, -0.05) is 140 Å². The number of aromatic nitrogens is 1. The number of ether oxygens (including phenoxy) is 3. The molecule has 68 heavy (non-hydrogen) atoms. The third kappa shape index (κ3) is 5.25. The van der Waals surface area contributed by atoms with Gasteiger partial charge in [0.1, 0.15) is 23.0 Å². The molecule has 0 fully saturated rings. The Labute approximate surface area is 393 Å². The lowest BCUT2D eigenvalue weighted by atomic mass is 9.32. The van der Waals surface area contributed by atoms with Crippen LogP contribution in [0.2, 0.25) is 0 Å². The molecule has 316 valence electrons. The van der Waals surface area contributed by atoms with E-state index in [2.05, 4.69) is 239 Å². The first-order chi connectivity index (χ1) is 33.8. The maximum absolute atomic E-state index is 7.75. The highest BCUT2D eigenvalue weighted by molar-refractivity contribution is 7.01. The second kappa shape index (κ2) is 14.3. The van der Waals surface area contributed by atoms with Gasteiger partial charge in [-0.15, -0.1) is 0 Å². The van der Waals surface area contributed by atoms with Crippen LogP contribution in [0.15, 0.2) is 224 Å². The summed E-state index contributed by atoms with van der Waals surface area (Å²) in [4.78, 5) is 4.68. The molecule has 0 spiro atoms. The molecular formula is C60H37B2N3O3. The molecule has 11 aromatic rings. The zero-order valence-electron chi connectivity index (χ0n) is 36.6. The molecule has 8 heteroatoms. The van der Waals surface area contributed by atoms with E-state index >= 15 is 0 Å². The molecule has 0 saturated heterocycles. The van der Waals surface area contributed by atoms with Crippen molar-refractivity contribution in [1.82, 2.24) is 4.57 Å². The van der Waals surface area contributed by atoms with Gasteiger partial charge in [-0.2, -0.15) is 0 Å². The van der Waals surface area contributed by atoms with E-state index in [0.29, 0.717) is 0 Å². The largest absolute Gasteiger partial charge is 0.458 e. The quantitative estimate of drug-likeness (QED) is 0.161. The van der Waals surface area contributed by atoms with Crippen LogP contribution in [0.5, 0.6) is 34.5 Å². The van der Waals surface area contributed by atoms with E-state index in [4.69, 9.17) is 14.2 Å². The van der Waals surface area contributed by atoms with E-state index in [1.165, 1.54) is 5.46 Å². The number of benzene rings is 10. The van der Waals surface area contributed by atoms with Gasteiger partial charge in [0.2, 0.25) is 0 Å². The first-order valence-electron chi connectivity index (χ1n) is 23.2. The van der Waals surface area contributed by atoms with Gasteiger partial charge in [-0.25, -0.2) is 0 Å². The molecule has 15 rings (SSSR count). The molecule has 10 aromatic carbocycles. The van der Waals surface area contributed by atoms with Crippen molar-refractivity contribution in [2.75, 3.05) is 9.80 Å². The van der Waals surface area contributed by atoms with E-state index in [0.717, 1.165) is 123 Å². The minimum Gasteiger partial charge on any atom is -0.458 e. The molecule has 0 unspecified atom stereocenters. The molecule has 0 amide bonds. The molecule has 0 bridgehead atoms. The summed E-state index contributed by atoms with van der Waals surface area (Å²) in [6.07, 6.45) is 0. The van der Waals surface area contributed by atoms with Crippen molar-refractivity contribution in [3.63, 3.8) is 0 Å². The van der Waals surface area contributed by atoms with Gasteiger partial charge >= 0.3 is 0 Å². The third-order valence-corrected chi connectivity index (χ3v) is 14.3. The second-order valence-corrected chi connectivity index (χ2v) is 17.9. The number of hydrogen-bond donors (Lipinski definition) is 0. The zero-order chi connectivity index (χ0) is 44.5. The number of para-hydroxylation sites is 7. The van der Waals surface area contributed by atoms with Crippen molar-refractivity contribution in [2.45, 2.75) is 0 Å². The number of fused-ring (bicyclic) bond motifs is 13. The monoisotopic (exact) mass is 869 g/mol. The van der Waals surface area contributed by atoms with Crippen LogP contribution in [-0.2, 0) is 0 Å². The first kappa shape index (κ1) is 37.4. The van der Waals surface area contributed by atoms with Crippen LogP contribution in [0.25, 0.3) is 27.5 Å². The van der Waals surface area contributed by atoms with E-state index in [1.807, 2.05) is 0 Å². The van der Waals surface area contributed by atoms with Gasteiger partial charge in [0.05, 0.1) is 22.1 Å². The third-order valence-electron chi connectivity index (χ3n) is 14.3. The Morgan fingerprint density at radius 3 is 1.63 bits per heavy atom. The van der Waals surface area contributed by atoms with Gasteiger partial charge < -0.3 is 28.6 Å². The highest BCUT2D eigenvalue weighted by Crippen LogP contribution is 2.50. The summed E-state index contributed by atoms with van der Waals surface area (Å²) in [5, 5.41) is 2.20. The van der Waals surface area contributed by atoms with E-state index in [1.54, 1.807) is 0 Å². The number of hydrogen-bond acceptors (Lipinski definition) is 5. The van der Waals surface area contributed by atoms with Crippen molar-refractivity contribution in [2.24, 2.45) is 0 Å². The molecule has 1 aromatic heterocycles. The Balaban J connectivity index is 1.02. The van der Waals surface area contributed by atoms with E-state index in [9.17, 15) is 0 Å². The first-order valence-corrected chi connectivity index (χ1v) is 23.2. The molecule has 6 nitrogen and oxygen atoms in total. The van der Waals surface area contributed by atoms with Crippen molar-refractivity contribution in [1.29, 1.82) is 0 Å². The van der Waals surface area contributed by atoms with Crippen LogP contribution in [0.4, 0.5) is 34.1 Å². The maximum atomic E-state index is 7.75. The minimum absolute atomic E-state index is 0.158. The summed E-state index contributed by atoms with van der Waals surface area (Å²) < 4.78 is 24.5. The average Bonchev–Trinajstić information content (AvgIpc) is 3.74. The lowest BCUT2D eigenvalue weighted by molar-refractivity contribution is 0.423. The topological polar surface area (TPSA) is 39.1 Å². The van der Waals surface area contributed by atoms with Crippen molar-refractivity contribution in [3.05, 3.63) is 224 Å². The molecule has 0 atom stereocenters. The molecule has 4 aliphatic rings. The summed E-state index contributed by atoms with van der Waals surface area (Å²) in [6, 6.07) is 79.7. The van der Waals surface area contributed by atoms with Crippen LogP contribution < -0.4 is 56.8 Å². The fraction of sp³-hybridized carbons (Fsp3) is 0. The Bertz CT molecular complexity index is 3820. The molecule has 4 aliphatic heterocycles. The fourth-order valence-electron chi connectivity index (χ4n) is 11.6. The summed E-state index contributed by atoms with van der Waals surface area (Å²) in [5.41, 5.74) is 16.1. The molecule has 0 aliphatic carbocycles. The van der Waals surface area contributed by atoms with Crippen molar-refractivity contribution >= 4 is 102 Å². The second-order valence-electron chi connectivity index (χ2n) is 17.9. The Morgan fingerprint density at radius 2 is 0.912 bits per heavy atom. The van der Waals surface area contributed by atoms with E-state index in [-0.39, 0.29) is 13.4 Å². The SMILES string of the molecule is c1ccc(N(c2ccccc2)c2cc3c4c(c2)Oc2c(ccc5c2Oc2c6c(cc7c2c2ccccc2n7-c2ccccc2)N(c2ccccc2)c2ccccc2B56)B4c2ccccc2O3)cc1. The van der Waals surface area contributed by atoms with Crippen LogP contribution in [0.3, 0.4) is 0 Å². The lowest BCUT2D eigenvalue weighted by Gasteiger charge is -2.41. The predicted molar refractivity (Wildman–Crippen MR) is 279 cm³/mol. The van der Waals surface area contributed by atoms with Crippen molar-refractivity contribution in [3.8, 4) is 40.2 Å². The maximum Gasteiger partial charge on any atom is 0.260 e. The van der Waals surface area contributed by atoms with Crippen LogP contribution >= 0.6 is 0 Å². The summed E-state index contributed by atoms with van der Waals surface area (Å²) >= 11 is 0. The smallest absolute Gasteiger partial charge is 0.260 e. The Kier molecular flexibility index (Phi) is 7.86. The zero-order valence-corrected chi connectivity index (χ0v) is 36.6. The number of nitrogens with zero attached hydrogens (tertiary/aromatic N) is 3. The van der Waals surface area contributed by atoms with Crippen LogP contribution in [-0.4, -0.2) is 18.0 Å². The van der Waals surface area contributed by atoms with Gasteiger partial charge in [0, 0.05) is 57.1 Å². The Morgan fingerprint density at radius 1 is 0.353 bits per heavy atom. The summed E-state index contributed by atoms with van der Waals surface area (Å²) in [6.45, 7) is -0.326. The average molecular weight is 870 g/mol. The van der Waals surface area contributed by atoms with Gasteiger partial charge in [0.15, 0.2) is 11.5 Å². The minimum atomic E-state index is -0.168. The highest BCUT2D eigenvalue weighted by Gasteiger charge is 2.48. The van der Waals surface area contributed by atoms with Crippen LogP contribution in [0.1, 0.15) is 0 Å². The lowest BCUT2D eigenvalue weighted by Crippen LogP contribution is -2.61. The Hall–Kier alpha value is -8.87. The van der Waals surface area contributed by atoms with Crippen LogP contribution in [0, 0.1) is 0 Å². The number of rotatable bonds is 5. The fourth-order valence-corrected chi connectivity index (χ4v) is 11.6. The van der Waals surface area contributed by atoms with Gasteiger partial charge in [-0.3, -0.25) is 0 Å². The molecule has 0 radical (unpaired) electrons. The molecular weight excluding hydrogens is 832 g/mol. The summed E-state index contributed by atoms with van der Waals surface area (Å²) in [7, 11) is 0. The molecule has 5 heterocycles.